The largest absolute Gasteiger partial charge is 0.508 e. The van der Waals surface area contributed by atoms with Gasteiger partial charge in [-0.2, -0.15) is 0 Å². The maximum absolute atomic E-state index is 12.5. The van der Waals surface area contributed by atoms with Crippen LogP contribution in [0.25, 0.3) is 0 Å². The second kappa shape index (κ2) is 5.88. The Balaban J connectivity index is 1.71. The van der Waals surface area contributed by atoms with Crippen LogP contribution in [0.3, 0.4) is 0 Å². The number of aromatic hydroxyl groups is 1. The SMILES string of the molecule is O=C1CCCC1C1CCCN1C(=O)Cc1ccccc1O. The van der Waals surface area contributed by atoms with Crippen LogP contribution in [0.1, 0.15) is 37.7 Å². The van der Waals surface area contributed by atoms with Crippen LogP contribution < -0.4 is 0 Å². The average Bonchev–Trinajstić information content (AvgIpc) is 3.09. The molecular formula is C17H21NO3. The third kappa shape index (κ3) is 2.80. The lowest BCUT2D eigenvalue weighted by molar-refractivity contribution is -0.133. The number of phenolic OH excluding ortho intramolecular Hbond substituents is 1. The van der Waals surface area contributed by atoms with Gasteiger partial charge >= 0.3 is 0 Å². The fourth-order valence-corrected chi connectivity index (χ4v) is 3.69. The Bertz CT molecular complexity index is 555. The highest BCUT2D eigenvalue weighted by atomic mass is 16.3. The summed E-state index contributed by atoms with van der Waals surface area (Å²) in [5.41, 5.74) is 0.658. The van der Waals surface area contributed by atoms with Gasteiger partial charge in [-0.25, -0.2) is 0 Å². The molecule has 0 spiro atoms. The minimum absolute atomic E-state index is 0.0266. The molecule has 112 valence electrons. The quantitative estimate of drug-likeness (QED) is 0.928. The van der Waals surface area contributed by atoms with E-state index in [1.54, 1.807) is 18.2 Å². The zero-order valence-electron chi connectivity index (χ0n) is 12.1. The molecule has 0 radical (unpaired) electrons. The summed E-state index contributed by atoms with van der Waals surface area (Å²) in [4.78, 5) is 26.4. The molecule has 1 saturated carbocycles. The first kappa shape index (κ1) is 14.1. The molecule has 0 bridgehead atoms. The lowest BCUT2D eigenvalue weighted by Crippen LogP contribution is -2.42. The monoisotopic (exact) mass is 287 g/mol. The number of carbonyl (C=O) groups is 2. The average molecular weight is 287 g/mol. The number of benzene rings is 1. The van der Waals surface area contributed by atoms with Crippen molar-refractivity contribution in [1.29, 1.82) is 0 Å². The second-order valence-electron chi connectivity index (χ2n) is 6.07. The number of carbonyl (C=O) groups excluding carboxylic acids is 2. The van der Waals surface area contributed by atoms with Gasteiger partial charge in [0.15, 0.2) is 0 Å². The topological polar surface area (TPSA) is 57.6 Å². The van der Waals surface area contributed by atoms with Crippen LogP contribution in [-0.4, -0.2) is 34.3 Å². The third-order valence-corrected chi connectivity index (χ3v) is 4.77. The highest BCUT2D eigenvalue weighted by Gasteiger charge is 2.39. The van der Waals surface area contributed by atoms with E-state index in [1.165, 1.54) is 0 Å². The predicted molar refractivity (Wildman–Crippen MR) is 78.9 cm³/mol. The summed E-state index contributed by atoms with van der Waals surface area (Å²) in [6.45, 7) is 0.737. The van der Waals surface area contributed by atoms with Crippen molar-refractivity contribution >= 4 is 11.7 Å². The Morgan fingerprint density at radius 1 is 1.24 bits per heavy atom. The fraction of sp³-hybridized carbons (Fsp3) is 0.529. The maximum atomic E-state index is 12.5. The highest BCUT2D eigenvalue weighted by molar-refractivity contribution is 5.85. The fourth-order valence-electron chi connectivity index (χ4n) is 3.69. The highest BCUT2D eigenvalue weighted by Crippen LogP contribution is 2.33. The van der Waals surface area contributed by atoms with Crippen molar-refractivity contribution in [3.8, 4) is 5.75 Å². The lowest BCUT2D eigenvalue weighted by atomic mass is 9.94. The van der Waals surface area contributed by atoms with Gasteiger partial charge < -0.3 is 10.0 Å². The van der Waals surface area contributed by atoms with E-state index in [0.29, 0.717) is 17.8 Å². The predicted octanol–water partition coefficient (Wildman–Crippen LogP) is 2.29. The molecule has 4 heteroatoms. The van der Waals surface area contributed by atoms with Gasteiger partial charge in [-0.3, -0.25) is 9.59 Å². The van der Waals surface area contributed by atoms with Crippen LogP contribution in [0.15, 0.2) is 24.3 Å². The van der Waals surface area contributed by atoms with Crippen LogP contribution in [0.4, 0.5) is 0 Å². The Labute approximate surface area is 124 Å². The van der Waals surface area contributed by atoms with Gasteiger partial charge in [-0.15, -0.1) is 0 Å². The lowest BCUT2D eigenvalue weighted by Gasteiger charge is -2.28. The minimum Gasteiger partial charge on any atom is -0.508 e. The van der Waals surface area contributed by atoms with Crippen molar-refractivity contribution in [2.45, 2.75) is 44.6 Å². The summed E-state index contributed by atoms with van der Waals surface area (Å²) in [7, 11) is 0. The molecule has 3 rings (SSSR count). The summed E-state index contributed by atoms with van der Waals surface area (Å²) >= 11 is 0. The summed E-state index contributed by atoms with van der Waals surface area (Å²) < 4.78 is 0. The van der Waals surface area contributed by atoms with Crippen LogP contribution in [0.2, 0.25) is 0 Å². The molecule has 2 aliphatic rings. The molecule has 4 nitrogen and oxygen atoms in total. The first-order valence-electron chi connectivity index (χ1n) is 7.76. The number of hydrogen-bond acceptors (Lipinski definition) is 3. The number of phenols is 1. The van der Waals surface area contributed by atoms with E-state index in [1.807, 2.05) is 11.0 Å². The summed E-state index contributed by atoms with van der Waals surface area (Å²) in [5, 5.41) is 9.80. The molecule has 1 aromatic rings. The minimum atomic E-state index is 0.0266. The maximum Gasteiger partial charge on any atom is 0.227 e. The molecule has 2 unspecified atom stereocenters. The number of ketones is 1. The number of likely N-dealkylation sites (tertiary alicyclic amines) is 1. The smallest absolute Gasteiger partial charge is 0.227 e. The Morgan fingerprint density at radius 2 is 2.05 bits per heavy atom. The van der Waals surface area contributed by atoms with Gasteiger partial charge in [-0.1, -0.05) is 18.2 Å². The molecule has 1 aliphatic carbocycles. The molecule has 1 aliphatic heterocycles. The van der Waals surface area contributed by atoms with Gasteiger partial charge in [-0.05, 0) is 31.7 Å². The van der Waals surface area contributed by atoms with Gasteiger partial charge in [0, 0.05) is 30.5 Å². The number of para-hydroxylation sites is 1. The molecular weight excluding hydrogens is 266 g/mol. The van der Waals surface area contributed by atoms with E-state index in [0.717, 1.165) is 32.2 Å². The number of Topliss-reactive ketones (excluding diaryl/α,β-unsaturated/α-hetero) is 1. The van der Waals surface area contributed by atoms with Gasteiger partial charge in [0.25, 0.3) is 0 Å². The van der Waals surface area contributed by atoms with Crippen molar-refractivity contribution in [3.63, 3.8) is 0 Å². The molecule has 0 aromatic heterocycles. The van der Waals surface area contributed by atoms with Crippen molar-refractivity contribution < 1.29 is 14.7 Å². The molecule has 1 saturated heterocycles. The van der Waals surface area contributed by atoms with Crippen molar-refractivity contribution in [1.82, 2.24) is 4.90 Å². The standard InChI is InChI=1S/C17H21NO3/c19-15-8-2-1-5-12(15)11-17(21)18-10-4-7-14(18)13-6-3-9-16(13)20/h1-2,5,8,13-14,19H,3-4,6-7,9-11H2. The zero-order chi connectivity index (χ0) is 14.8. The van der Waals surface area contributed by atoms with Crippen molar-refractivity contribution in [2.75, 3.05) is 6.54 Å². The van der Waals surface area contributed by atoms with Crippen molar-refractivity contribution in [2.24, 2.45) is 5.92 Å². The van der Waals surface area contributed by atoms with E-state index >= 15 is 0 Å². The number of nitrogens with zero attached hydrogens (tertiary/aromatic N) is 1. The first-order valence-corrected chi connectivity index (χ1v) is 7.76. The Morgan fingerprint density at radius 3 is 2.76 bits per heavy atom. The van der Waals surface area contributed by atoms with Crippen molar-refractivity contribution in [3.05, 3.63) is 29.8 Å². The van der Waals surface area contributed by atoms with Gasteiger partial charge in [0.1, 0.15) is 11.5 Å². The second-order valence-corrected chi connectivity index (χ2v) is 6.07. The molecule has 1 heterocycles. The van der Waals surface area contributed by atoms with Crippen LogP contribution >= 0.6 is 0 Å². The molecule has 2 atom stereocenters. The molecule has 1 aromatic carbocycles. The van der Waals surface area contributed by atoms with E-state index < -0.39 is 0 Å². The summed E-state index contributed by atoms with van der Waals surface area (Å²) in [6, 6.07) is 7.03. The number of amides is 1. The molecule has 1 amide bonds. The normalized spacial score (nSPS) is 25.5. The van der Waals surface area contributed by atoms with Crippen LogP contribution in [0.5, 0.6) is 5.75 Å². The summed E-state index contributed by atoms with van der Waals surface area (Å²) in [5.74, 6) is 0.556. The Kier molecular flexibility index (Phi) is 3.95. The third-order valence-electron chi connectivity index (χ3n) is 4.77. The van der Waals surface area contributed by atoms with Gasteiger partial charge in [0.05, 0.1) is 6.42 Å². The molecule has 1 N–H and O–H groups in total. The summed E-state index contributed by atoms with van der Waals surface area (Å²) in [6.07, 6.45) is 4.67. The van der Waals surface area contributed by atoms with Gasteiger partial charge in [0.2, 0.25) is 5.91 Å². The molecule has 2 fully saturated rings. The van der Waals surface area contributed by atoms with E-state index in [9.17, 15) is 14.7 Å². The zero-order valence-corrected chi connectivity index (χ0v) is 12.1. The van der Waals surface area contributed by atoms with E-state index in [4.69, 9.17) is 0 Å². The molecule has 21 heavy (non-hydrogen) atoms. The van der Waals surface area contributed by atoms with Crippen LogP contribution in [-0.2, 0) is 16.0 Å². The van der Waals surface area contributed by atoms with E-state index in [2.05, 4.69) is 0 Å². The Hall–Kier alpha value is -1.84. The first-order chi connectivity index (χ1) is 10.2. The number of rotatable bonds is 3. The number of hydrogen-bond donors (Lipinski definition) is 1. The van der Waals surface area contributed by atoms with Crippen LogP contribution in [0, 0.1) is 5.92 Å². The van der Waals surface area contributed by atoms with E-state index in [-0.39, 0.29) is 30.0 Å².